The molecule has 160 valence electrons. The smallest absolute Gasteiger partial charge is 0.309 e. The van der Waals surface area contributed by atoms with Crippen LogP contribution in [0.4, 0.5) is 0 Å². The second kappa shape index (κ2) is 6.34. The zero-order valence-corrected chi connectivity index (χ0v) is 18.7. The Balaban J connectivity index is 1.23. The van der Waals surface area contributed by atoms with Crippen LogP contribution >= 0.6 is 0 Å². The van der Waals surface area contributed by atoms with Crippen molar-refractivity contribution < 1.29 is 9.53 Å². The summed E-state index contributed by atoms with van der Waals surface area (Å²) in [5.74, 6) is 3.95. The Labute approximate surface area is 176 Å². The van der Waals surface area contributed by atoms with Gasteiger partial charge >= 0.3 is 5.97 Å². The van der Waals surface area contributed by atoms with E-state index in [-0.39, 0.29) is 18.0 Å². The first kappa shape index (κ1) is 18.9. The topological polar surface area (TPSA) is 29.5 Å². The molecule has 0 aromatic carbocycles. The molecule has 0 amide bonds. The normalized spacial score (nSPS) is 51.5. The molecule has 0 radical (unpaired) electrons. The molecule has 8 atom stereocenters. The number of nitrogens with zero attached hydrogens (tertiary/aromatic N) is 1. The van der Waals surface area contributed by atoms with Gasteiger partial charge in [0.05, 0.1) is 5.92 Å². The van der Waals surface area contributed by atoms with Gasteiger partial charge in [0.2, 0.25) is 0 Å². The van der Waals surface area contributed by atoms with Crippen LogP contribution in [0.5, 0.6) is 0 Å². The Morgan fingerprint density at radius 3 is 2.66 bits per heavy atom. The van der Waals surface area contributed by atoms with Crippen LogP contribution in [0, 0.1) is 40.4 Å². The molecule has 0 N–H and O–H groups in total. The Bertz CT molecular complexity index is 741. The van der Waals surface area contributed by atoms with Crippen LogP contribution in [0.1, 0.15) is 78.1 Å². The van der Waals surface area contributed by atoms with E-state index in [1.165, 1.54) is 45.1 Å². The second-order valence-electron chi connectivity index (χ2n) is 11.9. The summed E-state index contributed by atoms with van der Waals surface area (Å²) in [5.41, 5.74) is 2.62. The van der Waals surface area contributed by atoms with Crippen molar-refractivity contribution in [2.24, 2.45) is 40.4 Å². The van der Waals surface area contributed by atoms with Gasteiger partial charge in [0.1, 0.15) is 6.10 Å². The number of carbonyl (C=O) groups is 1. The Hall–Kier alpha value is -0.830. The number of esters is 1. The summed E-state index contributed by atoms with van der Waals surface area (Å²) < 4.78 is 5.91. The third kappa shape index (κ3) is 2.61. The zero-order chi connectivity index (χ0) is 20.0. The molecule has 3 heteroatoms. The summed E-state index contributed by atoms with van der Waals surface area (Å²) in [6.45, 7) is 6.40. The van der Waals surface area contributed by atoms with Gasteiger partial charge in [0.15, 0.2) is 0 Å². The molecule has 5 fully saturated rings. The van der Waals surface area contributed by atoms with Crippen LogP contribution in [0.2, 0.25) is 0 Å². The van der Waals surface area contributed by atoms with Gasteiger partial charge in [-0.05, 0) is 106 Å². The molecule has 0 bridgehead atoms. The molecule has 29 heavy (non-hydrogen) atoms. The van der Waals surface area contributed by atoms with Crippen LogP contribution in [0.3, 0.4) is 0 Å². The predicted molar refractivity (Wildman–Crippen MR) is 114 cm³/mol. The molecule has 6 rings (SSSR count). The molecule has 3 nitrogen and oxygen atoms in total. The third-order valence-electron chi connectivity index (χ3n) is 10.9. The van der Waals surface area contributed by atoms with Crippen molar-refractivity contribution in [1.29, 1.82) is 0 Å². The van der Waals surface area contributed by atoms with E-state index in [1.807, 2.05) is 0 Å². The predicted octanol–water partition coefficient (Wildman–Crippen LogP) is 5.20. The maximum atomic E-state index is 12.2. The number of carbonyl (C=O) groups excluding carboxylic acids is 1. The van der Waals surface area contributed by atoms with Gasteiger partial charge in [-0.15, -0.1) is 0 Å². The monoisotopic (exact) mass is 397 g/mol. The van der Waals surface area contributed by atoms with Gasteiger partial charge in [-0.1, -0.05) is 18.6 Å². The van der Waals surface area contributed by atoms with Gasteiger partial charge in [-0.2, -0.15) is 0 Å². The Kier molecular flexibility index (Phi) is 4.13. The quantitative estimate of drug-likeness (QED) is 0.474. The van der Waals surface area contributed by atoms with E-state index >= 15 is 0 Å². The van der Waals surface area contributed by atoms with Crippen molar-refractivity contribution in [2.75, 3.05) is 13.6 Å². The lowest BCUT2D eigenvalue weighted by atomic mass is 9.47. The van der Waals surface area contributed by atoms with Crippen LogP contribution < -0.4 is 0 Å². The van der Waals surface area contributed by atoms with Crippen molar-refractivity contribution >= 4 is 5.97 Å². The minimum Gasteiger partial charge on any atom is -0.462 e. The number of rotatable bonds is 2. The van der Waals surface area contributed by atoms with Crippen molar-refractivity contribution in [3.63, 3.8) is 0 Å². The van der Waals surface area contributed by atoms with Gasteiger partial charge in [0.25, 0.3) is 0 Å². The Morgan fingerprint density at radius 2 is 1.86 bits per heavy atom. The summed E-state index contributed by atoms with van der Waals surface area (Å²) >= 11 is 0. The molecule has 4 saturated carbocycles. The average Bonchev–Trinajstić information content (AvgIpc) is 3.44. The highest BCUT2D eigenvalue weighted by Crippen LogP contribution is 2.68. The van der Waals surface area contributed by atoms with E-state index < -0.39 is 0 Å². The SMILES string of the molecule is CC1C2CC[C@H]3[C@@H]4CC=C5C[C@@H](OC(=O)C6CC6)CCC5(C)[C@H]4CCC23CN1C. The first-order valence-corrected chi connectivity index (χ1v) is 12.5. The summed E-state index contributed by atoms with van der Waals surface area (Å²) in [4.78, 5) is 14.8. The fraction of sp³-hybridized carbons (Fsp3) is 0.885. The number of allylic oxidation sites excluding steroid dienone is 1. The summed E-state index contributed by atoms with van der Waals surface area (Å²) in [5, 5.41) is 0. The van der Waals surface area contributed by atoms with Gasteiger partial charge in [-0.3, -0.25) is 4.79 Å². The Morgan fingerprint density at radius 1 is 1.07 bits per heavy atom. The molecule has 1 aliphatic heterocycles. The molecular weight excluding hydrogens is 358 g/mol. The van der Waals surface area contributed by atoms with E-state index in [2.05, 4.69) is 31.9 Å². The maximum Gasteiger partial charge on any atom is 0.309 e. The molecular formula is C26H39NO2. The van der Waals surface area contributed by atoms with E-state index in [1.54, 1.807) is 5.57 Å². The number of hydrogen-bond donors (Lipinski definition) is 0. The molecule has 5 aliphatic carbocycles. The summed E-state index contributed by atoms with van der Waals surface area (Å²) in [6.07, 6.45) is 15.3. The number of likely N-dealkylation sites (tertiary alicyclic amines) is 1. The molecule has 1 saturated heterocycles. The van der Waals surface area contributed by atoms with E-state index in [9.17, 15) is 4.79 Å². The van der Waals surface area contributed by atoms with E-state index in [4.69, 9.17) is 4.74 Å². The fourth-order valence-electron chi connectivity index (χ4n) is 9.11. The van der Waals surface area contributed by atoms with E-state index in [0.29, 0.717) is 10.8 Å². The minimum atomic E-state index is 0.0870. The number of fused-ring (bicyclic) bond motifs is 4. The number of ether oxygens (including phenoxy) is 1. The first-order valence-electron chi connectivity index (χ1n) is 12.5. The molecule has 0 aromatic rings. The first-order chi connectivity index (χ1) is 13.9. The highest BCUT2D eigenvalue weighted by molar-refractivity contribution is 5.75. The minimum absolute atomic E-state index is 0.0870. The number of hydrogen-bond acceptors (Lipinski definition) is 3. The average molecular weight is 398 g/mol. The van der Waals surface area contributed by atoms with Gasteiger partial charge in [-0.25, -0.2) is 0 Å². The highest BCUT2D eigenvalue weighted by atomic mass is 16.5. The molecule has 6 aliphatic rings. The summed E-state index contributed by atoms with van der Waals surface area (Å²) in [6, 6.07) is 0.776. The zero-order valence-electron chi connectivity index (χ0n) is 18.7. The van der Waals surface area contributed by atoms with Crippen LogP contribution in [0.25, 0.3) is 0 Å². The fourth-order valence-corrected chi connectivity index (χ4v) is 9.11. The van der Waals surface area contributed by atoms with Crippen LogP contribution in [-0.2, 0) is 9.53 Å². The highest BCUT2D eigenvalue weighted by Gasteiger charge is 2.64. The van der Waals surface area contributed by atoms with Crippen molar-refractivity contribution in [2.45, 2.75) is 90.2 Å². The molecule has 1 spiro atoms. The lowest BCUT2D eigenvalue weighted by molar-refractivity contribution is -0.153. The lowest BCUT2D eigenvalue weighted by Crippen LogP contribution is -2.51. The molecule has 0 aromatic heterocycles. The third-order valence-corrected chi connectivity index (χ3v) is 10.9. The van der Waals surface area contributed by atoms with Crippen molar-refractivity contribution in [3.8, 4) is 0 Å². The molecule has 4 unspecified atom stereocenters. The maximum absolute atomic E-state index is 12.2. The van der Waals surface area contributed by atoms with Crippen molar-refractivity contribution in [1.82, 2.24) is 4.90 Å². The summed E-state index contributed by atoms with van der Waals surface area (Å²) in [7, 11) is 2.37. The largest absolute Gasteiger partial charge is 0.462 e. The lowest BCUT2D eigenvalue weighted by Gasteiger charge is -2.58. The standard InChI is InChI=1S/C26H39NO2/c1-16-21-8-9-23-20-7-6-18-14-19(29-24(28)17-4-5-17)10-12-25(18,2)22(20)11-13-26(21,23)15-27(16)3/h6,16-17,19-23H,4-5,7-15H2,1-3H3/t16?,19-,20+,21?,22-,23-,25?,26?/m0/s1. The van der Waals surface area contributed by atoms with Crippen LogP contribution in [-0.4, -0.2) is 36.6 Å². The second-order valence-corrected chi connectivity index (χ2v) is 11.9. The van der Waals surface area contributed by atoms with Crippen LogP contribution in [0.15, 0.2) is 11.6 Å². The van der Waals surface area contributed by atoms with Crippen molar-refractivity contribution in [3.05, 3.63) is 11.6 Å². The van der Waals surface area contributed by atoms with Gasteiger partial charge < -0.3 is 9.64 Å². The molecule has 1 heterocycles. The van der Waals surface area contributed by atoms with E-state index in [0.717, 1.165) is 55.4 Å². The van der Waals surface area contributed by atoms with Gasteiger partial charge in [0, 0.05) is 19.0 Å².